The summed E-state index contributed by atoms with van der Waals surface area (Å²) < 4.78 is 12.7. The van der Waals surface area contributed by atoms with Crippen molar-refractivity contribution in [1.29, 1.82) is 0 Å². The first kappa shape index (κ1) is 4.91. The molecule has 4 fully saturated rings. The molecule has 0 aromatic heterocycles. The smallest absolute Gasteiger partial charge is 0.0500 e. The monoisotopic (exact) mass is 154 g/mol. The molecule has 0 amide bonds. The maximum Gasteiger partial charge on any atom is 0.0500 e. The molecule has 0 aromatic carbocycles. The zero-order valence-electron chi connectivity index (χ0n) is 5.80. The van der Waals surface area contributed by atoms with Gasteiger partial charge >= 0.3 is 0 Å². The standard InChI is InChI=1S/C8H10OS/c9-10(7-1-5(7)2-7)8-3-6(8)4-8/h5-6H,1-4H2. The summed E-state index contributed by atoms with van der Waals surface area (Å²) in [5.41, 5.74) is 0. The van der Waals surface area contributed by atoms with Gasteiger partial charge in [-0.3, -0.25) is 4.21 Å². The Labute approximate surface area is 62.6 Å². The van der Waals surface area contributed by atoms with Crippen molar-refractivity contribution >= 4 is 10.8 Å². The van der Waals surface area contributed by atoms with Crippen LogP contribution in [0.3, 0.4) is 0 Å². The van der Waals surface area contributed by atoms with Gasteiger partial charge in [0.25, 0.3) is 0 Å². The molecule has 0 heterocycles. The van der Waals surface area contributed by atoms with Crippen LogP contribution in [0.25, 0.3) is 0 Å². The van der Waals surface area contributed by atoms with Gasteiger partial charge in [-0.2, -0.15) is 0 Å². The topological polar surface area (TPSA) is 17.1 Å². The number of rotatable bonds is 2. The van der Waals surface area contributed by atoms with Gasteiger partial charge in [0.1, 0.15) is 0 Å². The van der Waals surface area contributed by atoms with E-state index in [0.29, 0.717) is 9.49 Å². The van der Waals surface area contributed by atoms with E-state index in [1.54, 1.807) is 0 Å². The summed E-state index contributed by atoms with van der Waals surface area (Å²) in [6, 6.07) is 0. The molecule has 10 heavy (non-hydrogen) atoms. The molecular formula is C8H10OS. The Hall–Kier alpha value is 0.150. The number of hydrogen-bond donors (Lipinski definition) is 0. The minimum Gasteiger partial charge on any atom is -0.258 e. The van der Waals surface area contributed by atoms with Crippen LogP contribution in [-0.2, 0) is 10.8 Å². The summed E-state index contributed by atoms with van der Waals surface area (Å²) in [6.45, 7) is 0. The molecule has 0 N–H and O–H groups in total. The van der Waals surface area contributed by atoms with Gasteiger partial charge in [-0.05, 0) is 37.5 Å². The molecular weight excluding hydrogens is 144 g/mol. The van der Waals surface area contributed by atoms with Gasteiger partial charge in [0.05, 0.1) is 9.49 Å². The Morgan fingerprint density at radius 1 is 1.00 bits per heavy atom. The van der Waals surface area contributed by atoms with Gasteiger partial charge in [-0.15, -0.1) is 0 Å². The molecule has 54 valence electrons. The van der Waals surface area contributed by atoms with Crippen LogP contribution in [0.1, 0.15) is 25.7 Å². The summed E-state index contributed by atoms with van der Waals surface area (Å²) >= 11 is 0. The second-order valence-corrected chi connectivity index (χ2v) is 6.77. The highest BCUT2D eigenvalue weighted by Crippen LogP contribution is 2.81. The molecule has 0 atom stereocenters. The third kappa shape index (κ3) is 0.319. The molecule has 0 spiro atoms. The van der Waals surface area contributed by atoms with Gasteiger partial charge in [0.15, 0.2) is 0 Å². The normalized spacial score (nSPS) is 75.2. The van der Waals surface area contributed by atoms with Gasteiger partial charge < -0.3 is 0 Å². The minimum atomic E-state index is -0.384. The predicted octanol–water partition coefficient (Wildman–Crippen LogP) is 1.06. The molecule has 0 bridgehead atoms. The van der Waals surface area contributed by atoms with Crippen molar-refractivity contribution < 1.29 is 4.21 Å². The highest BCUT2D eigenvalue weighted by atomic mass is 32.2. The molecule has 0 radical (unpaired) electrons. The first-order valence-corrected chi connectivity index (χ1v) is 5.35. The molecule has 0 saturated heterocycles. The first-order chi connectivity index (χ1) is 4.78. The quantitative estimate of drug-likeness (QED) is 0.581. The first-order valence-electron chi connectivity index (χ1n) is 4.20. The lowest BCUT2D eigenvalue weighted by Crippen LogP contribution is -2.15. The molecule has 0 aliphatic heterocycles. The lowest BCUT2D eigenvalue weighted by atomic mass is 10.4. The van der Waals surface area contributed by atoms with Gasteiger partial charge in [-0.1, -0.05) is 0 Å². The van der Waals surface area contributed by atoms with E-state index >= 15 is 0 Å². The van der Waals surface area contributed by atoms with Gasteiger partial charge in [0, 0.05) is 10.8 Å². The highest BCUT2D eigenvalue weighted by molar-refractivity contribution is 7.89. The summed E-state index contributed by atoms with van der Waals surface area (Å²) in [7, 11) is -0.384. The van der Waals surface area contributed by atoms with E-state index in [9.17, 15) is 4.21 Å². The van der Waals surface area contributed by atoms with Crippen LogP contribution < -0.4 is 0 Å². The summed E-state index contributed by atoms with van der Waals surface area (Å²) in [6.07, 6.45) is 5.25. The van der Waals surface area contributed by atoms with Crippen LogP contribution in [0.5, 0.6) is 0 Å². The van der Waals surface area contributed by atoms with Crippen LogP contribution in [-0.4, -0.2) is 13.7 Å². The van der Waals surface area contributed by atoms with Crippen molar-refractivity contribution in [3.63, 3.8) is 0 Å². The van der Waals surface area contributed by atoms with Crippen molar-refractivity contribution in [2.45, 2.75) is 35.2 Å². The molecule has 4 aliphatic carbocycles. The maximum absolute atomic E-state index is 11.8. The van der Waals surface area contributed by atoms with Crippen LogP contribution in [0, 0.1) is 11.8 Å². The minimum absolute atomic E-state index is 0.384. The van der Waals surface area contributed by atoms with Crippen LogP contribution in [0.15, 0.2) is 0 Å². The van der Waals surface area contributed by atoms with Gasteiger partial charge in [0.2, 0.25) is 0 Å². The van der Waals surface area contributed by atoms with E-state index in [-0.39, 0.29) is 10.8 Å². The fourth-order valence-electron chi connectivity index (χ4n) is 2.32. The Morgan fingerprint density at radius 2 is 1.30 bits per heavy atom. The summed E-state index contributed by atoms with van der Waals surface area (Å²) in [5, 5.41) is 0. The third-order valence-electron chi connectivity index (χ3n) is 3.95. The van der Waals surface area contributed by atoms with E-state index < -0.39 is 0 Å². The zero-order chi connectivity index (χ0) is 6.56. The van der Waals surface area contributed by atoms with Crippen molar-refractivity contribution in [3.05, 3.63) is 0 Å². The van der Waals surface area contributed by atoms with Crippen molar-refractivity contribution in [1.82, 2.24) is 0 Å². The van der Waals surface area contributed by atoms with Crippen molar-refractivity contribution in [2.24, 2.45) is 11.8 Å². The van der Waals surface area contributed by atoms with E-state index in [2.05, 4.69) is 0 Å². The average Bonchev–Trinajstić information content (AvgIpc) is 2.56. The maximum atomic E-state index is 11.8. The predicted molar refractivity (Wildman–Crippen MR) is 39.1 cm³/mol. The Balaban J connectivity index is 1.75. The van der Waals surface area contributed by atoms with E-state index in [0.717, 1.165) is 11.8 Å². The Kier molecular flexibility index (Phi) is 0.472. The van der Waals surface area contributed by atoms with Crippen molar-refractivity contribution in [2.75, 3.05) is 0 Å². The van der Waals surface area contributed by atoms with E-state index in [1.165, 1.54) is 25.7 Å². The largest absolute Gasteiger partial charge is 0.258 e. The fraction of sp³-hybridized carbons (Fsp3) is 1.00. The Morgan fingerprint density at radius 3 is 1.50 bits per heavy atom. The molecule has 1 nitrogen and oxygen atoms in total. The molecule has 4 saturated carbocycles. The third-order valence-corrected chi connectivity index (χ3v) is 6.76. The van der Waals surface area contributed by atoms with Crippen LogP contribution in [0.4, 0.5) is 0 Å². The lowest BCUT2D eigenvalue weighted by molar-refractivity contribution is 0.669. The Bertz CT molecular complexity index is 232. The zero-order valence-corrected chi connectivity index (χ0v) is 6.62. The van der Waals surface area contributed by atoms with Crippen LogP contribution >= 0.6 is 0 Å². The number of hydrogen-bond acceptors (Lipinski definition) is 1. The molecule has 0 aromatic rings. The molecule has 4 rings (SSSR count). The molecule has 2 heteroatoms. The van der Waals surface area contributed by atoms with Crippen LogP contribution in [0.2, 0.25) is 0 Å². The van der Waals surface area contributed by atoms with Crippen molar-refractivity contribution in [3.8, 4) is 0 Å². The summed E-state index contributed by atoms with van der Waals surface area (Å²) in [4.78, 5) is 0. The van der Waals surface area contributed by atoms with E-state index in [1.807, 2.05) is 0 Å². The molecule has 0 unspecified atom stereocenters. The SMILES string of the molecule is O=S(C12CC1C2)C12CC1C2. The van der Waals surface area contributed by atoms with E-state index in [4.69, 9.17) is 0 Å². The average molecular weight is 154 g/mol. The fourth-order valence-corrected chi connectivity index (χ4v) is 5.15. The number of fused-ring (bicyclic) bond motifs is 2. The second-order valence-electron chi connectivity index (χ2n) is 4.61. The van der Waals surface area contributed by atoms with Gasteiger partial charge in [-0.25, -0.2) is 0 Å². The highest BCUT2D eigenvalue weighted by Gasteiger charge is 2.84. The lowest BCUT2D eigenvalue weighted by Gasteiger charge is -2.05. The summed E-state index contributed by atoms with van der Waals surface area (Å²) in [5.74, 6) is 1.84. The second kappa shape index (κ2) is 0.961. The molecule has 4 aliphatic rings.